The monoisotopic (exact) mass is 508 g/mol. The lowest BCUT2D eigenvalue weighted by atomic mass is 10.1. The summed E-state index contributed by atoms with van der Waals surface area (Å²) < 4.78 is 6.63. The minimum absolute atomic E-state index is 0.0142. The first-order chi connectivity index (χ1) is 17.4. The topological polar surface area (TPSA) is 138 Å². The molecule has 1 atom stereocenters. The molecule has 0 saturated carbocycles. The second kappa shape index (κ2) is 10.5. The van der Waals surface area contributed by atoms with Gasteiger partial charge in [0.05, 0.1) is 29.5 Å². The lowest BCUT2D eigenvalue weighted by Gasteiger charge is -2.35. The fourth-order valence-electron chi connectivity index (χ4n) is 4.73. The molecule has 2 aromatic heterocycles. The van der Waals surface area contributed by atoms with Gasteiger partial charge in [-0.05, 0) is 19.1 Å². The zero-order valence-electron chi connectivity index (χ0n) is 20.4. The number of nitrogens with zero attached hydrogens (tertiary/aromatic N) is 5. The van der Waals surface area contributed by atoms with Crippen molar-refractivity contribution in [2.75, 3.05) is 63.1 Å². The number of thiophene rings is 1. The molecule has 0 spiro atoms. The smallest absolute Gasteiger partial charge is 0.239 e. The summed E-state index contributed by atoms with van der Waals surface area (Å²) in [7, 11) is 0. The normalized spacial score (nSPS) is 17.9. The highest BCUT2D eigenvalue weighted by Crippen LogP contribution is 2.36. The summed E-state index contributed by atoms with van der Waals surface area (Å²) >= 11 is 1.72. The van der Waals surface area contributed by atoms with Gasteiger partial charge in [0.15, 0.2) is 11.6 Å². The molecule has 2 aliphatic heterocycles. The Morgan fingerprint density at radius 2 is 1.94 bits per heavy atom. The van der Waals surface area contributed by atoms with Crippen molar-refractivity contribution in [3.63, 3.8) is 0 Å². The molecule has 3 aromatic rings. The third kappa shape index (κ3) is 4.92. The van der Waals surface area contributed by atoms with Crippen molar-refractivity contribution in [3.05, 3.63) is 34.7 Å². The van der Waals surface area contributed by atoms with Crippen LogP contribution in [0, 0.1) is 5.41 Å². The van der Waals surface area contributed by atoms with Gasteiger partial charge in [-0.2, -0.15) is 0 Å². The molecule has 11 heteroatoms. The summed E-state index contributed by atoms with van der Waals surface area (Å²) in [5.41, 5.74) is 14.7. The van der Waals surface area contributed by atoms with Crippen LogP contribution in [-0.4, -0.2) is 90.4 Å². The van der Waals surface area contributed by atoms with E-state index in [-0.39, 0.29) is 5.91 Å². The van der Waals surface area contributed by atoms with Gasteiger partial charge >= 0.3 is 0 Å². The largest absolute Gasteiger partial charge is 0.398 e. The Morgan fingerprint density at radius 1 is 1.19 bits per heavy atom. The van der Waals surface area contributed by atoms with Crippen LogP contribution in [0.2, 0.25) is 0 Å². The van der Waals surface area contributed by atoms with E-state index in [4.69, 9.17) is 31.6 Å². The standard InChI is InChI=1S/C25H32N8O2S/c1-16(27)25(34)33-7-5-31(6-8-33)15-17-13-21-22(36-17)24(32-9-11-35-12-10-32)30-23(29-21)18-3-2-4-20(28)19(18)14-26/h2-4,13-14,16,26H,5-12,15,27-28H2,1H3. The van der Waals surface area contributed by atoms with E-state index in [1.807, 2.05) is 17.0 Å². The number of morpholine rings is 1. The first kappa shape index (κ1) is 24.6. The van der Waals surface area contributed by atoms with Crippen LogP contribution >= 0.6 is 11.3 Å². The molecule has 0 aliphatic carbocycles. The third-order valence-corrected chi connectivity index (χ3v) is 7.80. The highest BCUT2D eigenvalue weighted by atomic mass is 32.1. The lowest BCUT2D eigenvalue weighted by Crippen LogP contribution is -2.52. The number of hydrogen-bond acceptors (Lipinski definition) is 10. The Hall–Kier alpha value is -3.12. The maximum atomic E-state index is 12.2. The Balaban J connectivity index is 1.46. The molecule has 0 bridgehead atoms. The van der Waals surface area contributed by atoms with Crippen LogP contribution in [-0.2, 0) is 16.1 Å². The van der Waals surface area contributed by atoms with Gasteiger partial charge in [-0.25, -0.2) is 9.97 Å². The number of piperazine rings is 1. The number of amides is 1. The predicted octanol–water partition coefficient (Wildman–Crippen LogP) is 1.77. The van der Waals surface area contributed by atoms with Gasteiger partial charge < -0.3 is 31.4 Å². The lowest BCUT2D eigenvalue weighted by molar-refractivity contribution is -0.134. The van der Waals surface area contributed by atoms with Gasteiger partial charge in [0.2, 0.25) is 5.91 Å². The molecule has 2 fully saturated rings. The molecular formula is C25H32N8O2S. The number of benzene rings is 1. The minimum Gasteiger partial charge on any atom is -0.398 e. The van der Waals surface area contributed by atoms with Gasteiger partial charge in [-0.1, -0.05) is 12.1 Å². The molecule has 4 heterocycles. The van der Waals surface area contributed by atoms with Crippen molar-refractivity contribution in [3.8, 4) is 11.4 Å². The number of nitrogens with one attached hydrogen (secondary N) is 1. The van der Waals surface area contributed by atoms with Gasteiger partial charge in [-0.3, -0.25) is 9.69 Å². The van der Waals surface area contributed by atoms with Crippen molar-refractivity contribution in [1.82, 2.24) is 19.8 Å². The molecular weight excluding hydrogens is 476 g/mol. The zero-order valence-corrected chi connectivity index (χ0v) is 21.3. The van der Waals surface area contributed by atoms with Crippen LogP contribution in [0.5, 0.6) is 0 Å². The fraction of sp³-hybridized carbons (Fsp3) is 0.440. The number of nitrogen functional groups attached to an aromatic ring is 1. The van der Waals surface area contributed by atoms with Crippen LogP contribution in [0.25, 0.3) is 21.6 Å². The number of ether oxygens (including phenoxy) is 1. The number of nitrogens with two attached hydrogens (primary N) is 2. The molecule has 0 radical (unpaired) electrons. The van der Waals surface area contributed by atoms with E-state index in [1.165, 1.54) is 11.1 Å². The van der Waals surface area contributed by atoms with Crippen LogP contribution < -0.4 is 16.4 Å². The third-order valence-electron chi connectivity index (χ3n) is 6.69. The van der Waals surface area contributed by atoms with Crippen molar-refractivity contribution in [1.29, 1.82) is 5.41 Å². The van der Waals surface area contributed by atoms with Gasteiger partial charge in [0.1, 0.15) is 0 Å². The Kier molecular flexibility index (Phi) is 7.15. The second-order valence-corrected chi connectivity index (χ2v) is 10.4. The summed E-state index contributed by atoms with van der Waals surface area (Å²) in [6.07, 6.45) is 1.27. The first-order valence-electron chi connectivity index (χ1n) is 12.2. The highest BCUT2D eigenvalue weighted by Gasteiger charge is 2.25. The van der Waals surface area contributed by atoms with E-state index in [0.29, 0.717) is 43.4 Å². The number of aromatic nitrogens is 2. The number of carbonyl (C=O) groups excluding carboxylic acids is 1. The summed E-state index contributed by atoms with van der Waals surface area (Å²) in [4.78, 5) is 29.8. The second-order valence-electron chi connectivity index (χ2n) is 9.24. The summed E-state index contributed by atoms with van der Waals surface area (Å²) in [6.45, 7) is 8.39. The van der Waals surface area contributed by atoms with E-state index >= 15 is 0 Å². The van der Waals surface area contributed by atoms with Crippen molar-refractivity contribution < 1.29 is 9.53 Å². The number of fused-ring (bicyclic) bond motifs is 1. The number of carbonyl (C=O) groups is 1. The van der Waals surface area contributed by atoms with Crippen molar-refractivity contribution in [2.45, 2.75) is 19.5 Å². The zero-order chi connectivity index (χ0) is 25.2. The SMILES string of the molecule is CC(N)C(=O)N1CCN(Cc2cc3nc(-c4cccc(N)c4C=N)nc(N4CCOCC4)c3s2)CC1. The Morgan fingerprint density at radius 3 is 2.64 bits per heavy atom. The average Bonchev–Trinajstić information content (AvgIpc) is 3.30. The van der Waals surface area contributed by atoms with Crippen molar-refractivity contribution in [2.24, 2.45) is 5.73 Å². The summed E-state index contributed by atoms with van der Waals surface area (Å²) in [5, 5.41) is 7.88. The average molecular weight is 509 g/mol. The van der Waals surface area contributed by atoms with Crippen LogP contribution in [0.4, 0.5) is 11.5 Å². The van der Waals surface area contributed by atoms with E-state index < -0.39 is 6.04 Å². The molecule has 1 unspecified atom stereocenters. The van der Waals surface area contributed by atoms with Crippen molar-refractivity contribution >= 4 is 45.2 Å². The predicted molar refractivity (Wildman–Crippen MR) is 144 cm³/mol. The van der Waals surface area contributed by atoms with Crippen LogP contribution in [0.15, 0.2) is 24.3 Å². The van der Waals surface area contributed by atoms with Gasteiger partial charge in [-0.15, -0.1) is 11.3 Å². The minimum atomic E-state index is -0.460. The fourth-order valence-corrected chi connectivity index (χ4v) is 5.88. The number of hydrogen-bond donors (Lipinski definition) is 3. The number of rotatable bonds is 6. The molecule has 190 valence electrons. The van der Waals surface area contributed by atoms with Gasteiger partial charge in [0, 0.05) is 73.7 Å². The van der Waals surface area contributed by atoms with Crippen LogP contribution in [0.1, 0.15) is 17.4 Å². The van der Waals surface area contributed by atoms with E-state index in [0.717, 1.165) is 54.3 Å². The van der Waals surface area contributed by atoms with E-state index in [9.17, 15) is 4.79 Å². The first-order valence-corrected chi connectivity index (χ1v) is 13.1. The number of anilines is 2. The quantitative estimate of drug-likeness (QED) is 0.338. The van der Waals surface area contributed by atoms with E-state index in [1.54, 1.807) is 24.3 Å². The summed E-state index contributed by atoms with van der Waals surface area (Å²) in [5.74, 6) is 1.49. The molecule has 10 nitrogen and oxygen atoms in total. The maximum Gasteiger partial charge on any atom is 0.239 e. The van der Waals surface area contributed by atoms with E-state index in [2.05, 4.69) is 15.9 Å². The molecule has 5 rings (SSSR count). The molecule has 5 N–H and O–H groups in total. The molecule has 1 aromatic carbocycles. The Bertz CT molecular complexity index is 1260. The molecule has 2 aliphatic rings. The van der Waals surface area contributed by atoms with Crippen LogP contribution in [0.3, 0.4) is 0 Å². The highest BCUT2D eigenvalue weighted by molar-refractivity contribution is 7.19. The maximum absolute atomic E-state index is 12.2. The molecule has 36 heavy (non-hydrogen) atoms. The Labute approximate surface area is 214 Å². The van der Waals surface area contributed by atoms with Gasteiger partial charge in [0.25, 0.3) is 0 Å². The summed E-state index contributed by atoms with van der Waals surface area (Å²) in [6, 6.07) is 7.25. The molecule has 2 saturated heterocycles. The molecule has 1 amide bonds.